The van der Waals surface area contributed by atoms with E-state index in [1.165, 1.54) is 16.7 Å². The van der Waals surface area contributed by atoms with E-state index in [0.29, 0.717) is 12.1 Å². The normalized spacial score (nSPS) is 20.2. The third kappa shape index (κ3) is 3.23. The number of para-hydroxylation sites is 1. The number of nitrogens with zero attached hydrogens (tertiary/aromatic N) is 1. The molecule has 1 atom stereocenters. The second-order valence-electron chi connectivity index (χ2n) is 6.22. The van der Waals surface area contributed by atoms with Gasteiger partial charge in [-0.05, 0) is 30.3 Å². The smallest absolute Gasteiger partial charge is 0.344 e. The third-order valence-corrected chi connectivity index (χ3v) is 6.38. The SMILES string of the molecule is O=C(COC(=O)[C@@]12CCC(=O)N1c1ccccc1S2)Nc1cccc(Br)c1. The topological polar surface area (TPSA) is 75.7 Å². The molecule has 8 heteroatoms. The number of halogens is 1. The van der Waals surface area contributed by atoms with Gasteiger partial charge >= 0.3 is 5.97 Å². The number of rotatable bonds is 4. The largest absolute Gasteiger partial charge is 0.453 e. The summed E-state index contributed by atoms with van der Waals surface area (Å²) in [6.45, 7) is -0.411. The Balaban J connectivity index is 1.45. The highest BCUT2D eigenvalue weighted by atomic mass is 79.9. The first kappa shape index (κ1) is 18.1. The predicted octanol–water partition coefficient (Wildman–Crippen LogP) is 3.56. The van der Waals surface area contributed by atoms with E-state index in [9.17, 15) is 14.4 Å². The summed E-state index contributed by atoms with van der Waals surface area (Å²) in [6, 6.07) is 14.5. The van der Waals surface area contributed by atoms with Crippen LogP contribution in [-0.2, 0) is 19.1 Å². The number of benzene rings is 2. The van der Waals surface area contributed by atoms with Crippen molar-refractivity contribution in [2.45, 2.75) is 22.6 Å². The molecule has 2 aliphatic rings. The summed E-state index contributed by atoms with van der Waals surface area (Å²) in [6.07, 6.45) is 0.637. The minimum Gasteiger partial charge on any atom is -0.453 e. The van der Waals surface area contributed by atoms with Gasteiger partial charge in [-0.25, -0.2) is 4.79 Å². The first-order valence-electron chi connectivity index (χ1n) is 8.33. The van der Waals surface area contributed by atoms with E-state index < -0.39 is 23.4 Å². The van der Waals surface area contributed by atoms with Crippen LogP contribution < -0.4 is 10.2 Å². The fourth-order valence-corrected chi connectivity index (χ4v) is 5.09. The second-order valence-corrected chi connectivity index (χ2v) is 8.45. The van der Waals surface area contributed by atoms with Crippen molar-refractivity contribution in [2.24, 2.45) is 0 Å². The number of carbonyl (C=O) groups excluding carboxylic acids is 3. The lowest BCUT2D eigenvalue weighted by atomic mass is 10.2. The molecule has 2 aromatic carbocycles. The van der Waals surface area contributed by atoms with Crippen LogP contribution in [0.1, 0.15) is 12.8 Å². The zero-order valence-electron chi connectivity index (χ0n) is 14.1. The van der Waals surface area contributed by atoms with Crippen LogP contribution in [0, 0.1) is 0 Å². The van der Waals surface area contributed by atoms with Gasteiger partial charge in [-0.2, -0.15) is 0 Å². The number of nitrogens with one attached hydrogen (secondary N) is 1. The molecule has 2 aliphatic heterocycles. The van der Waals surface area contributed by atoms with Gasteiger partial charge in [0.05, 0.1) is 5.69 Å². The Morgan fingerprint density at radius 3 is 2.85 bits per heavy atom. The van der Waals surface area contributed by atoms with Crippen LogP contribution in [0.5, 0.6) is 0 Å². The second kappa shape index (κ2) is 7.01. The molecule has 1 N–H and O–H groups in total. The van der Waals surface area contributed by atoms with Gasteiger partial charge in [0.1, 0.15) is 0 Å². The highest BCUT2D eigenvalue weighted by Crippen LogP contribution is 2.56. The standard InChI is InChI=1S/C19H15BrN2O4S/c20-12-4-3-5-13(10-12)21-16(23)11-26-18(25)19-9-8-17(24)22(19)14-6-1-2-7-15(14)27-19/h1-7,10H,8-9,11H2,(H,21,23)/t19-/m0/s1. The molecule has 0 spiro atoms. The van der Waals surface area contributed by atoms with Gasteiger partial charge in [0.25, 0.3) is 5.91 Å². The summed E-state index contributed by atoms with van der Waals surface area (Å²) in [4.78, 5) is 38.6. The van der Waals surface area contributed by atoms with E-state index in [-0.39, 0.29) is 12.3 Å². The van der Waals surface area contributed by atoms with Crippen LogP contribution in [0.3, 0.4) is 0 Å². The Kier molecular flexibility index (Phi) is 4.69. The highest BCUT2D eigenvalue weighted by Gasteiger charge is 2.58. The molecule has 2 heterocycles. The van der Waals surface area contributed by atoms with Gasteiger partial charge in [0.2, 0.25) is 5.91 Å². The molecule has 0 unspecified atom stereocenters. The summed E-state index contributed by atoms with van der Waals surface area (Å²) in [5.74, 6) is -1.11. The predicted molar refractivity (Wildman–Crippen MR) is 105 cm³/mol. The lowest BCUT2D eigenvalue weighted by Gasteiger charge is -2.28. The fourth-order valence-electron chi connectivity index (χ4n) is 3.28. The number of thioether (sulfide) groups is 1. The van der Waals surface area contributed by atoms with Crippen LogP contribution >= 0.6 is 27.7 Å². The van der Waals surface area contributed by atoms with Crippen LogP contribution in [0.2, 0.25) is 0 Å². The van der Waals surface area contributed by atoms with E-state index >= 15 is 0 Å². The van der Waals surface area contributed by atoms with Crippen molar-refractivity contribution in [3.63, 3.8) is 0 Å². The quantitative estimate of drug-likeness (QED) is 0.726. The Morgan fingerprint density at radius 2 is 2.04 bits per heavy atom. The molecule has 1 saturated heterocycles. The lowest BCUT2D eigenvalue weighted by Crippen LogP contribution is -2.48. The summed E-state index contributed by atoms with van der Waals surface area (Å²) in [5.41, 5.74) is 1.32. The number of amides is 2. The van der Waals surface area contributed by atoms with Gasteiger partial charge in [-0.3, -0.25) is 14.5 Å². The summed E-state index contributed by atoms with van der Waals surface area (Å²) in [7, 11) is 0. The molecule has 4 rings (SSSR count). The maximum atomic E-state index is 12.8. The van der Waals surface area contributed by atoms with E-state index in [4.69, 9.17) is 4.74 Å². The molecule has 2 amide bonds. The Morgan fingerprint density at radius 1 is 1.22 bits per heavy atom. The van der Waals surface area contributed by atoms with Crippen molar-refractivity contribution in [3.8, 4) is 0 Å². The van der Waals surface area contributed by atoms with Crippen molar-refractivity contribution >= 4 is 56.9 Å². The molecule has 6 nitrogen and oxygen atoms in total. The molecule has 138 valence electrons. The number of hydrogen-bond donors (Lipinski definition) is 1. The third-order valence-electron chi connectivity index (χ3n) is 4.43. The number of ether oxygens (including phenoxy) is 1. The Bertz CT molecular complexity index is 951. The van der Waals surface area contributed by atoms with Gasteiger partial charge in [-0.15, -0.1) is 0 Å². The van der Waals surface area contributed by atoms with Crippen LogP contribution in [-0.4, -0.2) is 29.3 Å². The Labute approximate surface area is 168 Å². The number of carbonyl (C=O) groups is 3. The number of anilines is 2. The molecule has 2 aromatic rings. The fraction of sp³-hybridized carbons (Fsp3) is 0.211. The molecule has 0 saturated carbocycles. The maximum absolute atomic E-state index is 12.8. The van der Waals surface area contributed by atoms with E-state index in [1.54, 1.807) is 18.2 Å². The average Bonchev–Trinajstić information content (AvgIpc) is 3.15. The van der Waals surface area contributed by atoms with E-state index in [1.807, 2.05) is 30.3 Å². The molecule has 0 radical (unpaired) electrons. The highest BCUT2D eigenvalue weighted by molar-refractivity contribution is 9.10. The Hall–Kier alpha value is -2.32. The molecule has 0 aromatic heterocycles. The van der Waals surface area contributed by atoms with E-state index in [0.717, 1.165) is 15.1 Å². The molecular weight excluding hydrogens is 432 g/mol. The molecule has 0 bridgehead atoms. The summed E-state index contributed by atoms with van der Waals surface area (Å²) < 4.78 is 6.13. The number of hydrogen-bond acceptors (Lipinski definition) is 5. The zero-order chi connectivity index (χ0) is 19.0. The van der Waals surface area contributed by atoms with Crippen LogP contribution in [0.25, 0.3) is 0 Å². The minimum atomic E-state index is -1.11. The van der Waals surface area contributed by atoms with Crippen LogP contribution in [0.4, 0.5) is 11.4 Å². The average molecular weight is 447 g/mol. The summed E-state index contributed by atoms with van der Waals surface area (Å²) in [5, 5.41) is 2.68. The van der Waals surface area contributed by atoms with Gasteiger partial charge in [0, 0.05) is 27.9 Å². The lowest BCUT2D eigenvalue weighted by molar-refractivity contribution is -0.149. The number of fused-ring (bicyclic) bond motifs is 3. The van der Waals surface area contributed by atoms with Crippen LogP contribution in [0.15, 0.2) is 57.9 Å². The summed E-state index contributed by atoms with van der Waals surface area (Å²) >= 11 is 4.65. The molecule has 27 heavy (non-hydrogen) atoms. The number of esters is 1. The van der Waals surface area contributed by atoms with Crippen molar-refractivity contribution in [1.29, 1.82) is 0 Å². The van der Waals surface area contributed by atoms with Gasteiger partial charge in [-0.1, -0.05) is 45.9 Å². The first-order chi connectivity index (χ1) is 13.0. The van der Waals surface area contributed by atoms with Gasteiger partial charge < -0.3 is 10.1 Å². The zero-order valence-corrected chi connectivity index (χ0v) is 16.5. The molecule has 0 aliphatic carbocycles. The maximum Gasteiger partial charge on any atom is 0.344 e. The van der Waals surface area contributed by atoms with E-state index in [2.05, 4.69) is 21.2 Å². The van der Waals surface area contributed by atoms with Crippen molar-refractivity contribution in [1.82, 2.24) is 0 Å². The monoisotopic (exact) mass is 446 g/mol. The van der Waals surface area contributed by atoms with Crippen molar-refractivity contribution < 1.29 is 19.1 Å². The van der Waals surface area contributed by atoms with Gasteiger partial charge in [0.15, 0.2) is 11.5 Å². The van der Waals surface area contributed by atoms with Crippen molar-refractivity contribution in [3.05, 3.63) is 53.0 Å². The van der Waals surface area contributed by atoms with Crippen molar-refractivity contribution in [2.75, 3.05) is 16.8 Å². The minimum absolute atomic E-state index is 0.108. The molecule has 1 fully saturated rings. The first-order valence-corrected chi connectivity index (χ1v) is 9.94. The molecular formula is C19H15BrN2O4S.